The van der Waals surface area contributed by atoms with E-state index in [0.29, 0.717) is 25.3 Å². The van der Waals surface area contributed by atoms with Gasteiger partial charge in [-0.3, -0.25) is 9.59 Å². The first-order valence-corrected chi connectivity index (χ1v) is 9.05. The van der Waals surface area contributed by atoms with E-state index in [9.17, 15) is 9.59 Å². The first kappa shape index (κ1) is 18.2. The molecule has 0 saturated carbocycles. The third kappa shape index (κ3) is 4.50. The molecule has 1 fully saturated rings. The minimum Gasteiger partial charge on any atom is -0.359 e. The molecule has 1 aliphatic heterocycles. The molecule has 0 spiro atoms. The third-order valence-electron chi connectivity index (χ3n) is 4.78. The lowest BCUT2D eigenvalue weighted by Crippen LogP contribution is -2.38. The van der Waals surface area contributed by atoms with Gasteiger partial charge in [-0.05, 0) is 24.3 Å². The quantitative estimate of drug-likeness (QED) is 0.764. The Labute approximate surface area is 153 Å². The molecule has 3 rings (SSSR count). The Morgan fingerprint density at radius 2 is 2.12 bits per heavy atom. The van der Waals surface area contributed by atoms with E-state index in [1.165, 1.54) is 5.56 Å². The zero-order valence-electron chi connectivity index (χ0n) is 15.4. The standard InChI is InChI=1S/C20H25N3O3/c1-3-17-11-18(26-21-17)13-22(2)20(25)14-23-12-16(10-19(23)24)9-15-7-5-4-6-8-15/h4-8,11,16H,3,9-10,12-14H2,1-2H3/t16-/m1/s1. The minimum absolute atomic E-state index is 0.0561. The Bertz CT molecular complexity index is 757. The van der Waals surface area contributed by atoms with Crippen LogP contribution in [0.2, 0.25) is 0 Å². The van der Waals surface area contributed by atoms with Gasteiger partial charge in [-0.1, -0.05) is 42.4 Å². The number of likely N-dealkylation sites (tertiary alicyclic amines) is 1. The highest BCUT2D eigenvalue weighted by Crippen LogP contribution is 2.22. The highest BCUT2D eigenvalue weighted by Gasteiger charge is 2.31. The van der Waals surface area contributed by atoms with Crippen molar-refractivity contribution in [1.29, 1.82) is 0 Å². The Morgan fingerprint density at radius 1 is 1.35 bits per heavy atom. The van der Waals surface area contributed by atoms with Gasteiger partial charge in [0.1, 0.15) is 0 Å². The molecule has 1 saturated heterocycles. The van der Waals surface area contributed by atoms with Crippen LogP contribution in [0, 0.1) is 5.92 Å². The molecule has 2 aromatic rings. The fourth-order valence-corrected chi connectivity index (χ4v) is 3.29. The number of amides is 2. The van der Waals surface area contributed by atoms with Crippen LogP contribution < -0.4 is 0 Å². The van der Waals surface area contributed by atoms with Gasteiger partial charge in [-0.2, -0.15) is 0 Å². The normalized spacial score (nSPS) is 16.9. The van der Waals surface area contributed by atoms with E-state index in [1.54, 1.807) is 16.8 Å². The van der Waals surface area contributed by atoms with Gasteiger partial charge < -0.3 is 14.3 Å². The molecule has 2 heterocycles. The summed E-state index contributed by atoms with van der Waals surface area (Å²) in [4.78, 5) is 28.0. The number of carbonyl (C=O) groups is 2. The molecule has 6 heteroatoms. The summed E-state index contributed by atoms with van der Waals surface area (Å²) in [6, 6.07) is 12.0. The molecule has 1 aromatic carbocycles. The molecule has 26 heavy (non-hydrogen) atoms. The molecule has 2 amide bonds. The lowest BCUT2D eigenvalue weighted by atomic mass is 9.99. The molecule has 1 atom stereocenters. The van der Waals surface area contributed by atoms with Crippen LogP contribution in [0.3, 0.4) is 0 Å². The molecule has 0 N–H and O–H groups in total. The molecular weight excluding hydrogens is 330 g/mol. The van der Waals surface area contributed by atoms with Crippen LogP contribution >= 0.6 is 0 Å². The number of hydrogen-bond donors (Lipinski definition) is 0. The maximum absolute atomic E-state index is 12.5. The summed E-state index contributed by atoms with van der Waals surface area (Å²) in [6.07, 6.45) is 2.17. The summed E-state index contributed by atoms with van der Waals surface area (Å²) in [5.74, 6) is 0.894. The smallest absolute Gasteiger partial charge is 0.242 e. The van der Waals surface area contributed by atoms with Crippen LogP contribution in [0.4, 0.5) is 0 Å². The first-order chi connectivity index (χ1) is 12.5. The van der Waals surface area contributed by atoms with Crippen molar-refractivity contribution in [3.05, 3.63) is 53.4 Å². The second-order valence-electron chi connectivity index (χ2n) is 6.92. The topological polar surface area (TPSA) is 66.7 Å². The van der Waals surface area contributed by atoms with Gasteiger partial charge in [0.25, 0.3) is 0 Å². The maximum Gasteiger partial charge on any atom is 0.242 e. The number of carbonyl (C=O) groups excluding carboxylic acids is 2. The van der Waals surface area contributed by atoms with Crippen molar-refractivity contribution in [2.75, 3.05) is 20.1 Å². The van der Waals surface area contributed by atoms with Crippen molar-refractivity contribution in [2.45, 2.75) is 32.7 Å². The van der Waals surface area contributed by atoms with E-state index in [4.69, 9.17) is 4.52 Å². The molecule has 6 nitrogen and oxygen atoms in total. The van der Waals surface area contributed by atoms with Gasteiger partial charge >= 0.3 is 0 Å². The summed E-state index contributed by atoms with van der Waals surface area (Å²) >= 11 is 0. The second-order valence-corrected chi connectivity index (χ2v) is 6.92. The number of rotatable bonds is 7. The van der Waals surface area contributed by atoms with Crippen molar-refractivity contribution < 1.29 is 14.1 Å². The molecule has 0 radical (unpaired) electrons. The van der Waals surface area contributed by atoms with Crippen LogP contribution in [0.25, 0.3) is 0 Å². The Balaban J connectivity index is 1.51. The predicted octanol–water partition coefficient (Wildman–Crippen LogP) is 2.29. The van der Waals surface area contributed by atoms with Crippen molar-refractivity contribution in [2.24, 2.45) is 5.92 Å². The summed E-state index contributed by atoms with van der Waals surface area (Å²) in [6.45, 7) is 3.12. The largest absolute Gasteiger partial charge is 0.359 e. The van der Waals surface area contributed by atoms with Crippen LogP contribution in [0.1, 0.15) is 30.4 Å². The fraction of sp³-hybridized carbons (Fsp3) is 0.450. The minimum atomic E-state index is -0.0897. The van der Waals surface area contributed by atoms with E-state index < -0.39 is 0 Å². The van der Waals surface area contributed by atoms with Gasteiger partial charge in [0, 0.05) is 26.1 Å². The number of nitrogens with zero attached hydrogens (tertiary/aromatic N) is 3. The van der Waals surface area contributed by atoms with Crippen molar-refractivity contribution >= 4 is 11.8 Å². The van der Waals surface area contributed by atoms with Crippen molar-refractivity contribution in [1.82, 2.24) is 15.0 Å². The Hall–Kier alpha value is -2.63. The van der Waals surface area contributed by atoms with E-state index in [2.05, 4.69) is 17.3 Å². The monoisotopic (exact) mass is 355 g/mol. The van der Waals surface area contributed by atoms with Gasteiger partial charge in [-0.25, -0.2) is 0 Å². The van der Waals surface area contributed by atoms with E-state index in [-0.39, 0.29) is 24.3 Å². The second kappa shape index (κ2) is 8.17. The van der Waals surface area contributed by atoms with Gasteiger partial charge in [0.2, 0.25) is 11.8 Å². The number of hydrogen-bond acceptors (Lipinski definition) is 4. The fourth-order valence-electron chi connectivity index (χ4n) is 3.29. The summed E-state index contributed by atoms with van der Waals surface area (Å²) in [5, 5.41) is 3.93. The first-order valence-electron chi connectivity index (χ1n) is 9.05. The summed E-state index contributed by atoms with van der Waals surface area (Å²) in [5.41, 5.74) is 2.10. The zero-order valence-corrected chi connectivity index (χ0v) is 15.4. The van der Waals surface area contributed by atoms with E-state index >= 15 is 0 Å². The average Bonchev–Trinajstić information content (AvgIpc) is 3.22. The van der Waals surface area contributed by atoms with Gasteiger partial charge in [0.05, 0.1) is 18.8 Å². The van der Waals surface area contributed by atoms with Crippen LogP contribution in [0.5, 0.6) is 0 Å². The molecule has 1 aromatic heterocycles. The Kier molecular flexibility index (Phi) is 5.71. The Morgan fingerprint density at radius 3 is 2.81 bits per heavy atom. The third-order valence-corrected chi connectivity index (χ3v) is 4.78. The average molecular weight is 355 g/mol. The molecule has 0 aliphatic carbocycles. The summed E-state index contributed by atoms with van der Waals surface area (Å²) in [7, 11) is 1.72. The van der Waals surface area contributed by atoms with E-state index in [0.717, 1.165) is 18.5 Å². The number of aryl methyl sites for hydroxylation is 1. The lowest BCUT2D eigenvalue weighted by molar-refractivity contribution is -0.138. The molecule has 138 valence electrons. The molecule has 0 bridgehead atoms. The predicted molar refractivity (Wildman–Crippen MR) is 97.2 cm³/mol. The van der Waals surface area contributed by atoms with Crippen molar-refractivity contribution in [3.63, 3.8) is 0 Å². The zero-order chi connectivity index (χ0) is 18.5. The van der Waals surface area contributed by atoms with Gasteiger partial charge in [0.15, 0.2) is 5.76 Å². The lowest BCUT2D eigenvalue weighted by Gasteiger charge is -2.21. The SMILES string of the molecule is CCc1cc(CN(C)C(=O)CN2C[C@H](Cc3ccccc3)CC2=O)on1. The molecule has 1 aliphatic rings. The van der Waals surface area contributed by atoms with Crippen LogP contribution in [-0.4, -0.2) is 46.9 Å². The van der Waals surface area contributed by atoms with Crippen LogP contribution in [0.15, 0.2) is 40.9 Å². The molecular formula is C20H25N3O3. The summed E-state index contributed by atoms with van der Waals surface area (Å²) < 4.78 is 5.23. The number of aromatic nitrogens is 1. The van der Waals surface area contributed by atoms with Crippen molar-refractivity contribution in [3.8, 4) is 0 Å². The highest BCUT2D eigenvalue weighted by atomic mass is 16.5. The molecule has 0 unspecified atom stereocenters. The highest BCUT2D eigenvalue weighted by molar-refractivity contribution is 5.86. The van der Waals surface area contributed by atoms with E-state index in [1.807, 2.05) is 31.2 Å². The maximum atomic E-state index is 12.5. The van der Waals surface area contributed by atoms with Crippen LogP contribution in [-0.2, 0) is 29.0 Å². The number of benzene rings is 1. The van der Waals surface area contributed by atoms with Gasteiger partial charge in [-0.15, -0.1) is 0 Å². The number of likely N-dealkylation sites (N-methyl/N-ethyl adjacent to an activating group) is 1.